The van der Waals surface area contributed by atoms with Crippen LogP contribution in [0.25, 0.3) is 0 Å². The third-order valence-corrected chi connectivity index (χ3v) is 2.17. The SMILES string of the molecule is CCC(C)n1nnc(C)c1C. The lowest BCUT2D eigenvalue weighted by atomic mass is 10.2. The number of nitrogens with zero attached hydrogens (tertiary/aromatic N) is 3. The molecule has 0 spiro atoms. The van der Waals surface area contributed by atoms with Crippen LogP contribution in [0.15, 0.2) is 0 Å². The van der Waals surface area contributed by atoms with Crippen LogP contribution in [-0.4, -0.2) is 15.0 Å². The third-order valence-electron chi connectivity index (χ3n) is 2.17. The van der Waals surface area contributed by atoms with E-state index in [0.717, 1.165) is 12.1 Å². The number of hydrogen-bond donors (Lipinski definition) is 0. The van der Waals surface area contributed by atoms with E-state index in [-0.39, 0.29) is 0 Å². The summed E-state index contributed by atoms with van der Waals surface area (Å²) >= 11 is 0. The van der Waals surface area contributed by atoms with Crippen LogP contribution in [0.4, 0.5) is 0 Å². The number of aromatic nitrogens is 3. The summed E-state index contributed by atoms with van der Waals surface area (Å²) in [5.74, 6) is 0. The van der Waals surface area contributed by atoms with Gasteiger partial charge in [0.1, 0.15) is 0 Å². The zero-order chi connectivity index (χ0) is 8.43. The zero-order valence-corrected chi connectivity index (χ0v) is 7.63. The van der Waals surface area contributed by atoms with E-state index in [1.165, 1.54) is 5.69 Å². The number of aryl methyl sites for hydroxylation is 1. The molecule has 0 aliphatic heterocycles. The Hall–Kier alpha value is -0.860. The van der Waals surface area contributed by atoms with Gasteiger partial charge in [0.25, 0.3) is 0 Å². The lowest BCUT2D eigenvalue weighted by Gasteiger charge is -2.09. The molecule has 1 aromatic rings. The Morgan fingerprint density at radius 3 is 2.45 bits per heavy atom. The second-order valence-electron chi connectivity index (χ2n) is 2.96. The van der Waals surface area contributed by atoms with Gasteiger partial charge in [-0.05, 0) is 27.2 Å². The van der Waals surface area contributed by atoms with Crippen LogP contribution in [0.1, 0.15) is 37.7 Å². The Labute approximate surface area is 67.4 Å². The quantitative estimate of drug-likeness (QED) is 0.649. The van der Waals surface area contributed by atoms with Crippen LogP contribution in [0.3, 0.4) is 0 Å². The Kier molecular flexibility index (Phi) is 2.27. The monoisotopic (exact) mass is 153 g/mol. The first-order valence-electron chi connectivity index (χ1n) is 4.05. The predicted octanol–water partition coefficient (Wildman–Crippen LogP) is 1.87. The molecule has 0 amide bonds. The molecule has 1 atom stereocenters. The molecule has 0 aromatic carbocycles. The average Bonchev–Trinajstić information content (AvgIpc) is 2.32. The molecule has 0 saturated carbocycles. The van der Waals surface area contributed by atoms with Gasteiger partial charge < -0.3 is 0 Å². The first-order chi connectivity index (χ1) is 5.16. The topological polar surface area (TPSA) is 30.7 Å². The van der Waals surface area contributed by atoms with Gasteiger partial charge in [0.05, 0.1) is 17.4 Å². The Morgan fingerprint density at radius 1 is 1.45 bits per heavy atom. The molecule has 1 unspecified atom stereocenters. The number of hydrogen-bond acceptors (Lipinski definition) is 2. The molecule has 0 fully saturated rings. The van der Waals surface area contributed by atoms with E-state index >= 15 is 0 Å². The van der Waals surface area contributed by atoms with Gasteiger partial charge in [-0.2, -0.15) is 0 Å². The molecule has 62 valence electrons. The molecule has 0 aliphatic carbocycles. The average molecular weight is 153 g/mol. The van der Waals surface area contributed by atoms with Crippen LogP contribution in [0, 0.1) is 13.8 Å². The largest absolute Gasteiger partial charge is 0.247 e. The van der Waals surface area contributed by atoms with Gasteiger partial charge in [-0.3, -0.25) is 0 Å². The normalized spacial score (nSPS) is 13.5. The molecule has 3 heteroatoms. The van der Waals surface area contributed by atoms with E-state index < -0.39 is 0 Å². The Morgan fingerprint density at radius 2 is 2.09 bits per heavy atom. The molecule has 1 heterocycles. The summed E-state index contributed by atoms with van der Waals surface area (Å²) in [5.41, 5.74) is 2.21. The van der Waals surface area contributed by atoms with Gasteiger partial charge in [0.2, 0.25) is 0 Å². The van der Waals surface area contributed by atoms with Crippen molar-refractivity contribution in [3.63, 3.8) is 0 Å². The van der Waals surface area contributed by atoms with Crippen molar-refractivity contribution in [1.82, 2.24) is 15.0 Å². The van der Waals surface area contributed by atoms with E-state index in [1.54, 1.807) is 0 Å². The third kappa shape index (κ3) is 1.42. The second-order valence-corrected chi connectivity index (χ2v) is 2.96. The summed E-state index contributed by atoms with van der Waals surface area (Å²) in [4.78, 5) is 0. The van der Waals surface area contributed by atoms with Crippen LogP contribution >= 0.6 is 0 Å². The summed E-state index contributed by atoms with van der Waals surface area (Å²) in [6.07, 6.45) is 1.10. The molecular formula is C8H15N3. The van der Waals surface area contributed by atoms with E-state index in [4.69, 9.17) is 0 Å². The molecule has 11 heavy (non-hydrogen) atoms. The minimum Gasteiger partial charge on any atom is -0.247 e. The van der Waals surface area contributed by atoms with E-state index in [2.05, 4.69) is 31.1 Å². The standard InChI is InChI=1S/C8H15N3/c1-5-6(2)11-8(4)7(3)9-10-11/h6H,5H2,1-4H3. The van der Waals surface area contributed by atoms with E-state index in [0.29, 0.717) is 6.04 Å². The first-order valence-corrected chi connectivity index (χ1v) is 4.05. The zero-order valence-electron chi connectivity index (χ0n) is 7.63. The molecule has 1 rings (SSSR count). The van der Waals surface area contributed by atoms with Crippen LogP contribution in [-0.2, 0) is 0 Å². The fraction of sp³-hybridized carbons (Fsp3) is 0.750. The maximum atomic E-state index is 4.05. The van der Waals surface area contributed by atoms with E-state index in [1.807, 2.05) is 11.6 Å². The minimum atomic E-state index is 0.469. The summed E-state index contributed by atoms with van der Waals surface area (Å²) in [6, 6.07) is 0.469. The first kappa shape index (κ1) is 8.24. The van der Waals surface area contributed by atoms with Gasteiger partial charge >= 0.3 is 0 Å². The predicted molar refractivity (Wildman–Crippen MR) is 44.5 cm³/mol. The van der Waals surface area contributed by atoms with Crippen LogP contribution < -0.4 is 0 Å². The molecule has 3 nitrogen and oxygen atoms in total. The highest BCUT2D eigenvalue weighted by Crippen LogP contribution is 2.12. The Bertz CT molecular complexity index is 239. The molecule has 0 radical (unpaired) electrons. The highest BCUT2D eigenvalue weighted by molar-refractivity contribution is 5.05. The lowest BCUT2D eigenvalue weighted by molar-refractivity contribution is 0.455. The van der Waals surface area contributed by atoms with E-state index in [9.17, 15) is 0 Å². The smallest absolute Gasteiger partial charge is 0.0825 e. The highest BCUT2D eigenvalue weighted by atomic mass is 15.4. The molecule has 0 bridgehead atoms. The lowest BCUT2D eigenvalue weighted by Crippen LogP contribution is -2.07. The summed E-state index contributed by atoms with van der Waals surface area (Å²) in [6.45, 7) is 8.35. The van der Waals surface area contributed by atoms with Crippen molar-refractivity contribution >= 4 is 0 Å². The summed E-state index contributed by atoms with van der Waals surface area (Å²) < 4.78 is 1.98. The van der Waals surface area contributed by atoms with Crippen molar-refractivity contribution < 1.29 is 0 Å². The van der Waals surface area contributed by atoms with Crippen LogP contribution in [0.2, 0.25) is 0 Å². The maximum Gasteiger partial charge on any atom is 0.0825 e. The summed E-state index contributed by atoms with van der Waals surface area (Å²) in [7, 11) is 0. The summed E-state index contributed by atoms with van der Waals surface area (Å²) in [5, 5.41) is 8.05. The van der Waals surface area contributed by atoms with Gasteiger partial charge in [-0.1, -0.05) is 12.1 Å². The molecular weight excluding hydrogens is 138 g/mol. The Balaban J connectivity index is 2.94. The highest BCUT2D eigenvalue weighted by Gasteiger charge is 2.08. The van der Waals surface area contributed by atoms with Crippen molar-refractivity contribution in [2.24, 2.45) is 0 Å². The molecule has 0 aliphatic rings. The van der Waals surface area contributed by atoms with Crippen molar-refractivity contribution in [2.75, 3.05) is 0 Å². The van der Waals surface area contributed by atoms with Crippen molar-refractivity contribution in [1.29, 1.82) is 0 Å². The van der Waals surface area contributed by atoms with Crippen LogP contribution in [0.5, 0.6) is 0 Å². The fourth-order valence-corrected chi connectivity index (χ4v) is 1.01. The molecule has 1 aromatic heterocycles. The van der Waals surface area contributed by atoms with Gasteiger partial charge in [-0.25, -0.2) is 4.68 Å². The van der Waals surface area contributed by atoms with Gasteiger partial charge in [0, 0.05) is 0 Å². The second kappa shape index (κ2) is 3.03. The minimum absolute atomic E-state index is 0.469. The molecule has 0 saturated heterocycles. The van der Waals surface area contributed by atoms with Gasteiger partial charge in [0.15, 0.2) is 0 Å². The van der Waals surface area contributed by atoms with Crippen molar-refractivity contribution in [3.8, 4) is 0 Å². The maximum absolute atomic E-state index is 4.05. The fourth-order valence-electron chi connectivity index (χ4n) is 1.01. The number of rotatable bonds is 2. The van der Waals surface area contributed by atoms with Gasteiger partial charge in [-0.15, -0.1) is 5.10 Å². The van der Waals surface area contributed by atoms with Crippen molar-refractivity contribution in [3.05, 3.63) is 11.4 Å². The molecule has 0 N–H and O–H groups in total. The van der Waals surface area contributed by atoms with Crippen molar-refractivity contribution in [2.45, 2.75) is 40.2 Å².